The van der Waals surface area contributed by atoms with Crippen LogP contribution in [0.1, 0.15) is 48.4 Å². The molecule has 1 aliphatic rings. The van der Waals surface area contributed by atoms with Crippen LogP contribution in [0.3, 0.4) is 0 Å². The average Bonchev–Trinajstić information content (AvgIpc) is 3.28. The minimum Gasteiger partial charge on any atom is -0.385 e. The largest absolute Gasteiger partial charge is 0.385 e. The second-order valence-corrected chi connectivity index (χ2v) is 11.4. The van der Waals surface area contributed by atoms with E-state index < -0.39 is 5.69 Å². The fourth-order valence-corrected chi connectivity index (χ4v) is 6.34. The quantitative estimate of drug-likeness (QED) is 0.294. The van der Waals surface area contributed by atoms with Gasteiger partial charge in [-0.2, -0.15) is 0 Å². The number of aromatic nitrogens is 3. The van der Waals surface area contributed by atoms with Crippen molar-refractivity contribution >= 4 is 16.8 Å². The van der Waals surface area contributed by atoms with Crippen LogP contribution in [0.15, 0.2) is 70.4 Å². The molecule has 0 spiro atoms. The number of hydrogen-bond acceptors (Lipinski definition) is 5. The van der Waals surface area contributed by atoms with E-state index in [-0.39, 0.29) is 29.8 Å². The highest BCUT2D eigenvalue weighted by Crippen LogP contribution is 2.36. The van der Waals surface area contributed by atoms with E-state index in [0.29, 0.717) is 25.3 Å². The highest BCUT2D eigenvalue weighted by Gasteiger charge is 2.29. The molecule has 42 heavy (non-hydrogen) atoms. The first-order valence-corrected chi connectivity index (χ1v) is 14.8. The van der Waals surface area contributed by atoms with E-state index in [2.05, 4.69) is 35.8 Å². The van der Waals surface area contributed by atoms with Gasteiger partial charge in [0.2, 0.25) is 5.91 Å². The molecule has 0 radical (unpaired) electrons. The Labute approximate surface area is 246 Å². The van der Waals surface area contributed by atoms with Crippen LogP contribution in [-0.2, 0) is 29.5 Å². The lowest BCUT2D eigenvalue weighted by Crippen LogP contribution is -2.42. The van der Waals surface area contributed by atoms with E-state index in [1.165, 1.54) is 46.0 Å². The number of fused-ring (bicyclic) bond motifs is 1. The molecule has 2 aromatic carbocycles. The van der Waals surface area contributed by atoms with Gasteiger partial charge in [0.25, 0.3) is 5.56 Å². The minimum absolute atomic E-state index is 0.0975. The van der Waals surface area contributed by atoms with E-state index in [1.807, 2.05) is 29.2 Å². The summed E-state index contributed by atoms with van der Waals surface area (Å²) in [5.41, 5.74) is 11.3. The van der Waals surface area contributed by atoms with Crippen LogP contribution < -0.4 is 17.0 Å². The van der Waals surface area contributed by atoms with Gasteiger partial charge in [0, 0.05) is 87.6 Å². The molecular formula is C33H41N5O4. The Hall–Kier alpha value is -3.95. The van der Waals surface area contributed by atoms with Crippen LogP contribution in [0.4, 0.5) is 0 Å². The number of hydrogen-bond donors (Lipinski definition) is 1. The summed E-state index contributed by atoms with van der Waals surface area (Å²) >= 11 is 0. The zero-order chi connectivity index (χ0) is 29.8. The number of carbonyl (C=O) groups is 1. The number of para-hydroxylation sites is 1. The standard InChI is InChI=1S/C33H41N5O4/c1-23-28-9-4-5-10-29(28)38(17-7-19-42-3)32(23)25-8-6-16-36(22-25)31(40)21-26(34)20-24-11-13-27(14-12-24)37-18-15-30(39)35(2)33(37)41/h4-5,9-15,18,25-26H,6-8,16-17,19-22,34H2,1-3H3. The SMILES string of the molecule is COCCCn1c(C2CCCN(C(=O)CC(N)Cc3ccc(-n4ccc(=O)n(C)c4=O)cc3)C2)c(C)c2ccccc21. The second kappa shape index (κ2) is 12.9. The zero-order valence-corrected chi connectivity index (χ0v) is 24.8. The second-order valence-electron chi connectivity index (χ2n) is 11.4. The number of methoxy groups -OCH3 is 1. The van der Waals surface area contributed by atoms with E-state index in [0.717, 1.165) is 42.5 Å². The van der Waals surface area contributed by atoms with Crippen LogP contribution in [0, 0.1) is 6.92 Å². The lowest BCUT2D eigenvalue weighted by molar-refractivity contribution is -0.132. The Morgan fingerprint density at radius 2 is 1.86 bits per heavy atom. The molecule has 0 aliphatic carbocycles. The van der Waals surface area contributed by atoms with Crippen LogP contribution in [0.25, 0.3) is 16.6 Å². The Balaban J connectivity index is 1.24. The van der Waals surface area contributed by atoms with Gasteiger partial charge in [-0.25, -0.2) is 4.79 Å². The van der Waals surface area contributed by atoms with Crippen molar-refractivity contribution in [3.8, 4) is 5.69 Å². The minimum atomic E-state index is -0.400. The maximum absolute atomic E-state index is 13.4. The maximum atomic E-state index is 13.4. The molecule has 2 atom stereocenters. The third-order valence-electron chi connectivity index (χ3n) is 8.50. The van der Waals surface area contributed by atoms with Crippen molar-refractivity contribution in [1.29, 1.82) is 0 Å². The van der Waals surface area contributed by atoms with Gasteiger partial charge in [0.1, 0.15) is 0 Å². The first-order chi connectivity index (χ1) is 20.3. The summed E-state index contributed by atoms with van der Waals surface area (Å²) in [5.74, 6) is 0.377. The first kappa shape index (κ1) is 29.5. The Bertz CT molecular complexity index is 1670. The summed E-state index contributed by atoms with van der Waals surface area (Å²) in [5, 5.41) is 1.28. The van der Waals surface area contributed by atoms with E-state index in [1.54, 1.807) is 7.11 Å². The molecule has 1 fully saturated rings. The van der Waals surface area contributed by atoms with Crippen LogP contribution in [0.2, 0.25) is 0 Å². The number of benzene rings is 2. The molecule has 9 heteroatoms. The predicted molar refractivity (Wildman–Crippen MR) is 165 cm³/mol. The van der Waals surface area contributed by atoms with Crippen molar-refractivity contribution in [2.45, 2.75) is 57.5 Å². The number of amides is 1. The van der Waals surface area contributed by atoms with Gasteiger partial charge in [-0.05, 0) is 61.9 Å². The summed E-state index contributed by atoms with van der Waals surface area (Å²) in [4.78, 5) is 39.6. The maximum Gasteiger partial charge on any atom is 0.335 e. The predicted octanol–water partition coefficient (Wildman–Crippen LogP) is 3.50. The normalized spacial score (nSPS) is 16.2. The molecular weight excluding hydrogens is 530 g/mol. The summed E-state index contributed by atoms with van der Waals surface area (Å²) in [6, 6.07) is 17.1. The van der Waals surface area contributed by atoms with E-state index in [9.17, 15) is 14.4 Å². The number of carbonyl (C=O) groups excluding carboxylic acids is 1. The Morgan fingerprint density at radius 1 is 1.10 bits per heavy atom. The van der Waals surface area contributed by atoms with Crippen molar-refractivity contribution in [2.24, 2.45) is 12.8 Å². The number of rotatable bonds is 10. The fourth-order valence-electron chi connectivity index (χ4n) is 6.34. The number of likely N-dealkylation sites (tertiary alicyclic amines) is 1. The highest BCUT2D eigenvalue weighted by molar-refractivity contribution is 5.85. The summed E-state index contributed by atoms with van der Waals surface area (Å²) in [6.45, 7) is 5.28. The van der Waals surface area contributed by atoms with Gasteiger partial charge in [-0.1, -0.05) is 30.3 Å². The van der Waals surface area contributed by atoms with Gasteiger partial charge >= 0.3 is 5.69 Å². The molecule has 1 aliphatic heterocycles. The molecule has 3 heterocycles. The van der Waals surface area contributed by atoms with Gasteiger partial charge < -0.3 is 19.9 Å². The molecule has 5 rings (SSSR count). The molecule has 222 valence electrons. The molecule has 1 amide bonds. The van der Waals surface area contributed by atoms with Crippen LogP contribution >= 0.6 is 0 Å². The number of nitrogens with zero attached hydrogens (tertiary/aromatic N) is 4. The lowest BCUT2D eigenvalue weighted by atomic mass is 9.91. The highest BCUT2D eigenvalue weighted by atomic mass is 16.5. The van der Waals surface area contributed by atoms with Gasteiger partial charge in [0.05, 0.1) is 5.69 Å². The summed E-state index contributed by atoms with van der Waals surface area (Å²) < 4.78 is 10.3. The van der Waals surface area contributed by atoms with Crippen molar-refractivity contribution in [1.82, 2.24) is 18.6 Å². The van der Waals surface area contributed by atoms with Crippen LogP contribution in [-0.4, -0.2) is 57.4 Å². The molecule has 1 saturated heterocycles. The molecule has 4 aromatic rings. The van der Waals surface area contributed by atoms with Gasteiger partial charge in [-0.15, -0.1) is 0 Å². The van der Waals surface area contributed by atoms with Gasteiger partial charge in [-0.3, -0.25) is 18.7 Å². The van der Waals surface area contributed by atoms with Crippen molar-refractivity contribution in [3.63, 3.8) is 0 Å². The smallest absolute Gasteiger partial charge is 0.335 e. The average molecular weight is 572 g/mol. The molecule has 2 N–H and O–H groups in total. The molecule has 0 saturated carbocycles. The Kier molecular flexibility index (Phi) is 9.09. The number of ether oxygens (including phenoxy) is 1. The van der Waals surface area contributed by atoms with Crippen LogP contribution in [0.5, 0.6) is 0 Å². The molecule has 0 bridgehead atoms. The lowest BCUT2D eigenvalue weighted by Gasteiger charge is -2.34. The summed E-state index contributed by atoms with van der Waals surface area (Å²) in [6.07, 6.45) is 5.28. The van der Waals surface area contributed by atoms with Crippen molar-refractivity contribution < 1.29 is 9.53 Å². The van der Waals surface area contributed by atoms with Gasteiger partial charge in [0.15, 0.2) is 0 Å². The molecule has 2 aromatic heterocycles. The fraction of sp³-hybridized carbons (Fsp3) is 0.424. The first-order valence-electron chi connectivity index (χ1n) is 14.8. The topological polar surface area (TPSA) is 104 Å². The van der Waals surface area contributed by atoms with E-state index >= 15 is 0 Å². The molecule has 2 unspecified atom stereocenters. The number of aryl methyl sites for hydroxylation is 2. The summed E-state index contributed by atoms with van der Waals surface area (Å²) in [7, 11) is 3.20. The number of nitrogens with two attached hydrogens (primary N) is 1. The third-order valence-corrected chi connectivity index (χ3v) is 8.50. The van der Waals surface area contributed by atoms with Crippen molar-refractivity contribution in [2.75, 3.05) is 26.8 Å². The third kappa shape index (κ3) is 6.12. The number of piperidine rings is 1. The Morgan fingerprint density at radius 3 is 2.62 bits per heavy atom. The van der Waals surface area contributed by atoms with E-state index in [4.69, 9.17) is 10.5 Å². The van der Waals surface area contributed by atoms with Crippen molar-refractivity contribution in [3.05, 3.63) is 98.5 Å². The zero-order valence-electron chi connectivity index (χ0n) is 24.8. The monoisotopic (exact) mass is 571 g/mol. The molecule has 9 nitrogen and oxygen atoms in total.